The third-order valence-electron chi connectivity index (χ3n) is 4.26. The maximum absolute atomic E-state index is 12.4. The predicted octanol–water partition coefficient (Wildman–Crippen LogP) is 0.531. The minimum absolute atomic E-state index is 0.0341. The molecule has 1 fully saturated rings. The number of rotatable bonds is 4. The van der Waals surface area contributed by atoms with E-state index in [1.807, 2.05) is 11.0 Å². The van der Waals surface area contributed by atoms with Crippen LogP contribution < -0.4 is 4.90 Å². The third-order valence-corrected chi connectivity index (χ3v) is 4.26. The van der Waals surface area contributed by atoms with Crippen molar-refractivity contribution < 1.29 is 14.6 Å². The van der Waals surface area contributed by atoms with Gasteiger partial charge in [0.05, 0.1) is 31.1 Å². The summed E-state index contributed by atoms with van der Waals surface area (Å²) in [5, 5.41) is 10.8. The molecular weight excluding hydrogens is 308 g/mol. The van der Waals surface area contributed by atoms with E-state index in [4.69, 9.17) is 0 Å². The van der Waals surface area contributed by atoms with Crippen molar-refractivity contribution >= 4 is 11.6 Å². The van der Waals surface area contributed by atoms with E-state index in [1.165, 1.54) is 11.0 Å². The maximum atomic E-state index is 12.4. The quantitative estimate of drug-likeness (QED) is 0.656. The van der Waals surface area contributed by atoms with E-state index in [9.17, 15) is 14.9 Å². The molecule has 1 aliphatic rings. The van der Waals surface area contributed by atoms with Crippen LogP contribution in [0.4, 0.5) is 5.69 Å². The molecule has 1 N–H and O–H groups in total. The summed E-state index contributed by atoms with van der Waals surface area (Å²) in [7, 11) is 0. The highest BCUT2D eigenvalue weighted by molar-refractivity contribution is 5.94. The van der Waals surface area contributed by atoms with Gasteiger partial charge < -0.3 is 9.80 Å². The van der Waals surface area contributed by atoms with E-state index in [0.29, 0.717) is 18.7 Å². The molecule has 7 heteroatoms. The van der Waals surface area contributed by atoms with E-state index >= 15 is 0 Å². The molecule has 0 saturated carbocycles. The number of pyridine rings is 1. The number of nitrogens with zero attached hydrogens (tertiary/aromatic N) is 3. The number of hydrogen-bond donors (Lipinski definition) is 1. The van der Waals surface area contributed by atoms with Gasteiger partial charge in [-0.25, -0.2) is 0 Å². The molecule has 0 unspecified atom stereocenters. The standard InChI is InChI=1S/C17H18N4O3/c22-17(15-4-6-18-7-5-15)20-10-8-19(9-11-20)13-14-2-1-3-16(12-14)21(23)24/h1-7,12H,8-11,13H2/p+1. The molecule has 1 aromatic carbocycles. The Morgan fingerprint density at radius 1 is 1.21 bits per heavy atom. The van der Waals surface area contributed by atoms with Gasteiger partial charge in [0.25, 0.3) is 11.6 Å². The topological polar surface area (TPSA) is 80.8 Å². The Hall–Kier alpha value is -2.80. The molecule has 2 heterocycles. The predicted molar refractivity (Wildman–Crippen MR) is 87.6 cm³/mol. The summed E-state index contributed by atoms with van der Waals surface area (Å²) < 4.78 is 0. The van der Waals surface area contributed by atoms with Crippen LogP contribution in [0.1, 0.15) is 15.9 Å². The third kappa shape index (κ3) is 3.75. The second kappa shape index (κ2) is 7.18. The fourth-order valence-electron chi connectivity index (χ4n) is 2.95. The smallest absolute Gasteiger partial charge is 0.269 e. The van der Waals surface area contributed by atoms with Crippen LogP contribution in [0, 0.1) is 10.1 Å². The molecule has 1 aromatic heterocycles. The SMILES string of the molecule is O=C(c1ccncc1)N1CC[NH+](Cc2cccc([N+](=O)[O-])c2)CC1. The van der Waals surface area contributed by atoms with Gasteiger partial charge in [0.2, 0.25) is 0 Å². The Labute approximate surface area is 139 Å². The van der Waals surface area contributed by atoms with Gasteiger partial charge in [-0.2, -0.15) is 0 Å². The number of nitrogens with one attached hydrogen (secondary N) is 1. The summed E-state index contributed by atoms with van der Waals surface area (Å²) in [6, 6.07) is 10.2. The lowest BCUT2D eigenvalue weighted by Crippen LogP contribution is -3.13. The number of nitro benzene ring substituents is 1. The minimum Gasteiger partial charge on any atom is -0.328 e. The van der Waals surface area contributed by atoms with Crippen molar-refractivity contribution in [2.24, 2.45) is 0 Å². The largest absolute Gasteiger partial charge is 0.328 e. The summed E-state index contributed by atoms with van der Waals surface area (Å²) in [4.78, 5) is 30.0. The zero-order valence-electron chi connectivity index (χ0n) is 13.2. The normalized spacial score (nSPS) is 15.2. The Kier molecular flexibility index (Phi) is 4.81. The highest BCUT2D eigenvalue weighted by Gasteiger charge is 2.24. The van der Waals surface area contributed by atoms with Crippen LogP contribution in [-0.4, -0.2) is 46.9 Å². The summed E-state index contributed by atoms with van der Waals surface area (Å²) in [5.41, 5.74) is 1.73. The lowest BCUT2D eigenvalue weighted by molar-refractivity contribution is -0.917. The number of amides is 1. The first-order chi connectivity index (χ1) is 11.6. The summed E-state index contributed by atoms with van der Waals surface area (Å²) in [6.07, 6.45) is 3.24. The molecule has 2 aromatic rings. The summed E-state index contributed by atoms with van der Waals surface area (Å²) >= 11 is 0. The molecule has 1 aliphatic heterocycles. The van der Waals surface area contributed by atoms with Crippen molar-refractivity contribution in [3.63, 3.8) is 0 Å². The first-order valence-electron chi connectivity index (χ1n) is 7.89. The summed E-state index contributed by atoms with van der Waals surface area (Å²) in [5.74, 6) is 0.0341. The van der Waals surface area contributed by atoms with Crippen LogP contribution in [0.2, 0.25) is 0 Å². The number of carbonyl (C=O) groups excluding carboxylic acids is 1. The Morgan fingerprint density at radius 2 is 1.92 bits per heavy atom. The number of aromatic nitrogens is 1. The Morgan fingerprint density at radius 3 is 2.58 bits per heavy atom. The van der Waals surface area contributed by atoms with Crippen molar-refractivity contribution in [1.82, 2.24) is 9.88 Å². The highest BCUT2D eigenvalue weighted by Crippen LogP contribution is 2.12. The molecule has 24 heavy (non-hydrogen) atoms. The number of quaternary nitrogens is 1. The lowest BCUT2D eigenvalue weighted by Gasteiger charge is -2.32. The van der Waals surface area contributed by atoms with Gasteiger partial charge >= 0.3 is 0 Å². The van der Waals surface area contributed by atoms with Gasteiger partial charge in [-0.1, -0.05) is 12.1 Å². The van der Waals surface area contributed by atoms with Crippen molar-refractivity contribution in [3.05, 3.63) is 70.0 Å². The van der Waals surface area contributed by atoms with Gasteiger partial charge in [-0.05, 0) is 12.1 Å². The number of piperazine rings is 1. The van der Waals surface area contributed by atoms with Gasteiger partial charge in [-0.15, -0.1) is 0 Å². The van der Waals surface area contributed by atoms with E-state index < -0.39 is 0 Å². The average molecular weight is 327 g/mol. The molecule has 1 amide bonds. The van der Waals surface area contributed by atoms with Crippen LogP contribution in [0.5, 0.6) is 0 Å². The fourth-order valence-corrected chi connectivity index (χ4v) is 2.95. The van der Waals surface area contributed by atoms with Gasteiger partial charge in [0, 0.05) is 35.7 Å². The first-order valence-corrected chi connectivity index (χ1v) is 7.89. The minimum atomic E-state index is -0.371. The Bertz CT molecular complexity index is 728. The fraction of sp³-hybridized carbons (Fsp3) is 0.294. The zero-order valence-corrected chi connectivity index (χ0v) is 13.2. The molecule has 0 atom stereocenters. The van der Waals surface area contributed by atoms with Crippen LogP contribution in [-0.2, 0) is 6.54 Å². The van der Waals surface area contributed by atoms with Crippen molar-refractivity contribution in [2.75, 3.05) is 26.2 Å². The zero-order chi connectivity index (χ0) is 16.9. The Balaban J connectivity index is 1.56. The molecule has 0 bridgehead atoms. The van der Waals surface area contributed by atoms with Crippen LogP contribution in [0.25, 0.3) is 0 Å². The number of carbonyl (C=O) groups is 1. The second-order valence-corrected chi connectivity index (χ2v) is 5.88. The van der Waals surface area contributed by atoms with Crippen molar-refractivity contribution in [3.8, 4) is 0 Å². The number of benzene rings is 1. The van der Waals surface area contributed by atoms with E-state index in [1.54, 1.807) is 36.7 Å². The summed E-state index contributed by atoms with van der Waals surface area (Å²) in [6.45, 7) is 3.77. The lowest BCUT2D eigenvalue weighted by atomic mass is 10.1. The molecule has 1 saturated heterocycles. The van der Waals surface area contributed by atoms with Crippen LogP contribution >= 0.6 is 0 Å². The van der Waals surface area contributed by atoms with Crippen molar-refractivity contribution in [2.45, 2.75) is 6.54 Å². The molecule has 124 valence electrons. The highest BCUT2D eigenvalue weighted by atomic mass is 16.6. The molecule has 0 radical (unpaired) electrons. The number of hydrogen-bond acceptors (Lipinski definition) is 4. The molecule has 7 nitrogen and oxygen atoms in total. The first kappa shape index (κ1) is 16.1. The molecular formula is C17H19N4O3+. The van der Waals surface area contributed by atoms with Crippen LogP contribution in [0.3, 0.4) is 0 Å². The van der Waals surface area contributed by atoms with Gasteiger partial charge in [-0.3, -0.25) is 19.9 Å². The molecule has 0 spiro atoms. The second-order valence-electron chi connectivity index (χ2n) is 5.88. The molecule has 0 aliphatic carbocycles. The molecule has 3 rings (SSSR count). The van der Waals surface area contributed by atoms with Crippen molar-refractivity contribution in [1.29, 1.82) is 0 Å². The monoisotopic (exact) mass is 327 g/mol. The number of nitro groups is 1. The van der Waals surface area contributed by atoms with Gasteiger partial charge in [0.15, 0.2) is 0 Å². The van der Waals surface area contributed by atoms with E-state index in [2.05, 4.69) is 4.98 Å². The average Bonchev–Trinajstić information content (AvgIpc) is 2.63. The van der Waals surface area contributed by atoms with E-state index in [-0.39, 0.29) is 16.5 Å². The van der Waals surface area contributed by atoms with E-state index in [0.717, 1.165) is 25.2 Å². The van der Waals surface area contributed by atoms with Gasteiger partial charge in [0.1, 0.15) is 6.54 Å². The van der Waals surface area contributed by atoms with Crippen LogP contribution in [0.15, 0.2) is 48.8 Å². The number of non-ortho nitro benzene ring substituents is 1. The maximum Gasteiger partial charge on any atom is 0.269 e.